The Morgan fingerprint density at radius 1 is 1.39 bits per heavy atom. The summed E-state index contributed by atoms with van der Waals surface area (Å²) in [5, 5.41) is 9.23. The maximum Gasteiger partial charge on any atom is 0.333 e. The fourth-order valence-corrected chi connectivity index (χ4v) is 2.40. The quantitative estimate of drug-likeness (QED) is 0.746. The van der Waals surface area contributed by atoms with Gasteiger partial charge < -0.3 is 10.8 Å². The van der Waals surface area contributed by atoms with Crippen LogP contribution in [0.25, 0.3) is 0 Å². The molecule has 0 aromatic heterocycles. The van der Waals surface area contributed by atoms with Crippen molar-refractivity contribution in [2.24, 2.45) is 5.73 Å². The molecule has 0 saturated heterocycles. The Labute approximate surface area is 107 Å². The summed E-state index contributed by atoms with van der Waals surface area (Å²) in [6.45, 7) is 0. The molecule has 3 N–H and O–H groups in total. The van der Waals surface area contributed by atoms with Gasteiger partial charge in [-0.15, -0.1) is 0 Å². The SMILES string of the molecule is NC1CCCC2=C/CC/C=C/C=C\2C=C1C(=O)O. The third kappa shape index (κ3) is 2.99. The molecule has 1 atom stereocenters. The number of carbonyl (C=O) groups is 1. The lowest BCUT2D eigenvalue weighted by Crippen LogP contribution is -2.28. The molecule has 0 aliphatic heterocycles. The van der Waals surface area contributed by atoms with Gasteiger partial charge in [0.25, 0.3) is 0 Å². The van der Waals surface area contributed by atoms with Crippen molar-refractivity contribution in [3.8, 4) is 0 Å². The molecule has 2 aliphatic carbocycles. The highest BCUT2D eigenvalue weighted by atomic mass is 16.4. The Morgan fingerprint density at radius 2 is 2.22 bits per heavy atom. The Morgan fingerprint density at radius 3 is 3.00 bits per heavy atom. The zero-order chi connectivity index (χ0) is 13.0. The topological polar surface area (TPSA) is 63.3 Å². The number of hydrogen-bond acceptors (Lipinski definition) is 2. The molecule has 0 saturated carbocycles. The number of carboxylic acids is 1. The van der Waals surface area contributed by atoms with E-state index in [2.05, 4.69) is 12.2 Å². The summed E-state index contributed by atoms with van der Waals surface area (Å²) >= 11 is 0. The van der Waals surface area contributed by atoms with Gasteiger partial charge in [0.2, 0.25) is 0 Å². The highest BCUT2D eigenvalue weighted by molar-refractivity contribution is 5.89. The number of rotatable bonds is 1. The maximum atomic E-state index is 11.2. The van der Waals surface area contributed by atoms with Crippen LogP contribution < -0.4 is 5.73 Å². The summed E-state index contributed by atoms with van der Waals surface area (Å²) in [5.74, 6) is -0.907. The van der Waals surface area contributed by atoms with Crippen LogP contribution in [0.15, 0.2) is 47.1 Å². The van der Waals surface area contributed by atoms with Gasteiger partial charge in [-0.05, 0) is 49.3 Å². The van der Waals surface area contributed by atoms with E-state index in [0.717, 1.165) is 37.7 Å². The van der Waals surface area contributed by atoms with Crippen molar-refractivity contribution >= 4 is 5.97 Å². The number of hydrogen-bond donors (Lipinski definition) is 2. The number of fused-ring (bicyclic) bond motifs is 1. The average molecular weight is 245 g/mol. The van der Waals surface area contributed by atoms with Crippen LogP contribution in [-0.2, 0) is 4.79 Å². The third-order valence-electron chi connectivity index (χ3n) is 3.43. The standard InChI is InChI=1S/C15H19NO2/c16-14-9-5-8-11-6-3-1-2-4-7-12(11)10-13(14)15(17)18/h2,4,6-7,10,14H,1,3,5,8-9,16H2,(H,17,18)/b4-2+,11-6-,12-7-,13-10?. The summed E-state index contributed by atoms with van der Waals surface area (Å²) < 4.78 is 0. The lowest BCUT2D eigenvalue weighted by molar-refractivity contribution is -0.132. The molecule has 0 radical (unpaired) electrons. The summed E-state index contributed by atoms with van der Waals surface area (Å²) in [7, 11) is 0. The molecule has 0 amide bonds. The smallest absolute Gasteiger partial charge is 0.333 e. The number of aliphatic carboxylic acids is 1. The van der Waals surface area contributed by atoms with E-state index >= 15 is 0 Å². The van der Waals surface area contributed by atoms with Crippen LogP contribution in [0.3, 0.4) is 0 Å². The molecule has 3 nitrogen and oxygen atoms in total. The maximum absolute atomic E-state index is 11.2. The minimum Gasteiger partial charge on any atom is -0.478 e. The van der Waals surface area contributed by atoms with Crippen LogP contribution in [0, 0.1) is 0 Å². The lowest BCUT2D eigenvalue weighted by Gasteiger charge is -2.19. The Bertz CT molecular complexity index is 455. The second-order valence-corrected chi connectivity index (χ2v) is 4.76. The van der Waals surface area contributed by atoms with E-state index in [0.29, 0.717) is 5.57 Å². The zero-order valence-electron chi connectivity index (χ0n) is 10.4. The van der Waals surface area contributed by atoms with Gasteiger partial charge in [-0.1, -0.05) is 24.3 Å². The molecule has 3 heteroatoms. The van der Waals surface area contributed by atoms with Gasteiger partial charge in [0, 0.05) is 6.04 Å². The highest BCUT2D eigenvalue weighted by Gasteiger charge is 2.20. The van der Waals surface area contributed by atoms with Crippen molar-refractivity contribution in [1.82, 2.24) is 0 Å². The molecule has 18 heavy (non-hydrogen) atoms. The summed E-state index contributed by atoms with van der Waals surface area (Å²) in [4.78, 5) is 11.2. The molecule has 0 spiro atoms. The molecule has 0 aromatic rings. The normalized spacial score (nSPS) is 32.1. The molecule has 96 valence electrons. The van der Waals surface area contributed by atoms with Gasteiger partial charge in [-0.2, -0.15) is 0 Å². The van der Waals surface area contributed by atoms with Crippen LogP contribution in [0.4, 0.5) is 0 Å². The van der Waals surface area contributed by atoms with Crippen molar-refractivity contribution in [3.05, 3.63) is 47.1 Å². The molecule has 0 bridgehead atoms. The first-order chi connectivity index (χ1) is 8.68. The van der Waals surface area contributed by atoms with E-state index in [1.54, 1.807) is 6.08 Å². The monoisotopic (exact) mass is 245 g/mol. The minimum atomic E-state index is -0.907. The predicted molar refractivity (Wildman–Crippen MR) is 72.1 cm³/mol. The molecular weight excluding hydrogens is 226 g/mol. The lowest BCUT2D eigenvalue weighted by atomic mass is 9.88. The van der Waals surface area contributed by atoms with Crippen LogP contribution in [0.2, 0.25) is 0 Å². The van der Waals surface area contributed by atoms with Crippen molar-refractivity contribution < 1.29 is 9.90 Å². The molecule has 0 fully saturated rings. The summed E-state index contributed by atoms with van der Waals surface area (Å²) in [6.07, 6.45) is 14.8. The molecule has 2 rings (SSSR count). The number of nitrogens with two attached hydrogens (primary N) is 1. The van der Waals surface area contributed by atoms with Crippen LogP contribution in [0.1, 0.15) is 32.1 Å². The van der Waals surface area contributed by atoms with Crippen molar-refractivity contribution in [3.63, 3.8) is 0 Å². The Balaban J connectivity index is 2.44. The van der Waals surface area contributed by atoms with Crippen molar-refractivity contribution in [2.45, 2.75) is 38.1 Å². The first-order valence-corrected chi connectivity index (χ1v) is 6.45. The van der Waals surface area contributed by atoms with Gasteiger partial charge in [-0.3, -0.25) is 0 Å². The summed E-state index contributed by atoms with van der Waals surface area (Å²) in [5.41, 5.74) is 8.50. The van der Waals surface area contributed by atoms with Crippen LogP contribution >= 0.6 is 0 Å². The fraction of sp³-hybridized carbons (Fsp3) is 0.400. The molecule has 1 unspecified atom stereocenters. The zero-order valence-corrected chi connectivity index (χ0v) is 10.4. The van der Waals surface area contributed by atoms with Gasteiger partial charge >= 0.3 is 5.97 Å². The Hall–Kier alpha value is -1.61. The van der Waals surface area contributed by atoms with Gasteiger partial charge in [-0.25, -0.2) is 4.79 Å². The molecular formula is C15H19NO2. The van der Waals surface area contributed by atoms with Crippen LogP contribution in [-0.4, -0.2) is 17.1 Å². The van der Waals surface area contributed by atoms with Gasteiger partial charge in [0.1, 0.15) is 0 Å². The fourth-order valence-electron chi connectivity index (χ4n) is 2.40. The molecule has 0 heterocycles. The number of carboxylic acid groups (broad SMARTS) is 1. The highest BCUT2D eigenvalue weighted by Crippen LogP contribution is 2.27. The second-order valence-electron chi connectivity index (χ2n) is 4.76. The Kier molecular flexibility index (Phi) is 4.15. The van der Waals surface area contributed by atoms with Gasteiger partial charge in [0.05, 0.1) is 5.57 Å². The van der Waals surface area contributed by atoms with E-state index < -0.39 is 5.97 Å². The van der Waals surface area contributed by atoms with Crippen molar-refractivity contribution in [1.29, 1.82) is 0 Å². The molecule has 0 aromatic carbocycles. The minimum absolute atomic E-state index is 0.320. The third-order valence-corrected chi connectivity index (χ3v) is 3.43. The average Bonchev–Trinajstić information content (AvgIpc) is 2.28. The van der Waals surface area contributed by atoms with E-state index in [9.17, 15) is 9.90 Å². The number of allylic oxidation sites excluding steroid dienone is 7. The van der Waals surface area contributed by atoms with Crippen LogP contribution in [0.5, 0.6) is 0 Å². The molecule has 2 aliphatic rings. The van der Waals surface area contributed by atoms with Gasteiger partial charge in [0.15, 0.2) is 0 Å². The first-order valence-electron chi connectivity index (χ1n) is 6.45. The van der Waals surface area contributed by atoms with E-state index in [1.807, 2.05) is 12.2 Å². The van der Waals surface area contributed by atoms with Crippen molar-refractivity contribution in [2.75, 3.05) is 0 Å². The predicted octanol–water partition coefficient (Wildman–Crippen LogP) is 2.71. The second kappa shape index (κ2) is 5.83. The van der Waals surface area contributed by atoms with E-state index in [-0.39, 0.29) is 6.04 Å². The van der Waals surface area contributed by atoms with E-state index in [1.165, 1.54) is 5.57 Å². The van der Waals surface area contributed by atoms with E-state index in [4.69, 9.17) is 5.73 Å². The first kappa shape index (κ1) is 12.8. The summed E-state index contributed by atoms with van der Waals surface area (Å²) in [6, 6.07) is -0.362. The largest absolute Gasteiger partial charge is 0.478 e.